The molecule has 2 aliphatic heterocycles. The fourth-order valence-electron chi connectivity index (χ4n) is 2.65. The third kappa shape index (κ3) is 3.11. The van der Waals surface area contributed by atoms with Crippen molar-refractivity contribution in [3.8, 4) is 0 Å². The molecule has 0 saturated carbocycles. The topological polar surface area (TPSA) is 54.0 Å². The van der Waals surface area contributed by atoms with Crippen molar-refractivity contribution in [1.29, 1.82) is 0 Å². The maximum atomic E-state index is 14.4. The van der Waals surface area contributed by atoms with Gasteiger partial charge in [-0.05, 0) is 30.0 Å². The van der Waals surface area contributed by atoms with E-state index in [9.17, 15) is 9.18 Å². The predicted molar refractivity (Wildman–Crippen MR) is 80.9 cm³/mol. The number of anilines is 2. The minimum Gasteiger partial charge on any atom is -0.443 e. The first-order valence-corrected chi connectivity index (χ1v) is 7.50. The van der Waals surface area contributed by atoms with Gasteiger partial charge in [0.1, 0.15) is 11.9 Å². The Morgan fingerprint density at radius 1 is 1.36 bits per heavy atom. The summed E-state index contributed by atoms with van der Waals surface area (Å²) >= 11 is 5.42. The Bertz CT molecular complexity index is 554. The van der Waals surface area contributed by atoms with E-state index in [0.717, 1.165) is 0 Å². The Balaban J connectivity index is 1.75. The number of morpholine rings is 1. The molecule has 120 valence electrons. The van der Waals surface area contributed by atoms with E-state index in [1.807, 2.05) is 4.90 Å². The van der Waals surface area contributed by atoms with E-state index in [1.165, 1.54) is 11.0 Å². The van der Waals surface area contributed by atoms with Gasteiger partial charge in [-0.3, -0.25) is 4.90 Å². The van der Waals surface area contributed by atoms with Crippen molar-refractivity contribution in [2.45, 2.75) is 6.10 Å². The zero-order valence-corrected chi connectivity index (χ0v) is 12.7. The summed E-state index contributed by atoms with van der Waals surface area (Å²) in [5.41, 5.74) is 1.01. The highest BCUT2D eigenvalue weighted by Gasteiger charge is 2.32. The molecule has 8 heteroatoms. The van der Waals surface area contributed by atoms with Crippen molar-refractivity contribution in [2.75, 3.05) is 49.2 Å². The zero-order valence-electron chi connectivity index (χ0n) is 11.9. The van der Waals surface area contributed by atoms with Gasteiger partial charge in [-0.25, -0.2) is 14.0 Å². The van der Waals surface area contributed by atoms with Gasteiger partial charge < -0.3 is 14.4 Å². The maximum absolute atomic E-state index is 14.4. The highest BCUT2D eigenvalue weighted by Crippen LogP contribution is 2.28. The van der Waals surface area contributed by atoms with Crippen molar-refractivity contribution >= 4 is 29.2 Å². The molecule has 3 rings (SSSR count). The molecule has 0 spiro atoms. The van der Waals surface area contributed by atoms with Gasteiger partial charge in [0, 0.05) is 19.6 Å². The Morgan fingerprint density at radius 3 is 2.82 bits per heavy atom. The molecular formula is C14H17ClFN3O3. The van der Waals surface area contributed by atoms with Crippen LogP contribution in [-0.4, -0.2) is 51.6 Å². The summed E-state index contributed by atoms with van der Waals surface area (Å²) in [4.78, 5) is 17.6. The van der Waals surface area contributed by atoms with Crippen LogP contribution in [0.15, 0.2) is 18.2 Å². The number of hydrogen-bond donors (Lipinski definition) is 1. The second-order valence-electron chi connectivity index (χ2n) is 5.19. The first kappa shape index (κ1) is 15.3. The lowest BCUT2D eigenvalue weighted by molar-refractivity contribution is 0.122. The number of ether oxygens (including phenoxy) is 2. The first-order valence-electron chi connectivity index (χ1n) is 7.13. The van der Waals surface area contributed by atoms with Gasteiger partial charge >= 0.3 is 6.09 Å². The lowest BCUT2D eigenvalue weighted by Crippen LogP contribution is -2.36. The van der Waals surface area contributed by atoms with Crippen LogP contribution in [0, 0.1) is 5.82 Å². The molecule has 0 bridgehead atoms. The smallest absolute Gasteiger partial charge is 0.414 e. The lowest BCUT2D eigenvalue weighted by atomic mass is 10.2. The average molecular weight is 330 g/mol. The van der Waals surface area contributed by atoms with Crippen molar-refractivity contribution in [3.63, 3.8) is 0 Å². The monoisotopic (exact) mass is 329 g/mol. The molecule has 2 fully saturated rings. The number of rotatable bonds is 4. The summed E-state index contributed by atoms with van der Waals surface area (Å²) in [6.45, 7) is 3.18. The molecule has 2 saturated heterocycles. The van der Waals surface area contributed by atoms with Crippen molar-refractivity contribution < 1.29 is 18.7 Å². The van der Waals surface area contributed by atoms with Gasteiger partial charge in [-0.1, -0.05) is 0 Å². The Morgan fingerprint density at radius 2 is 2.14 bits per heavy atom. The highest BCUT2D eigenvalue weighted by atomic mass is 35.5. The summed E-state index contributed by atoms with van der Waals surface area (Å²) in [5, 5.41) is 0. The molecule has 1 amide bonds. The largest absolute Gasteiger partial charge is 0.443 e. The maximum Gasteiger partial charge on any atom is 0.414 e. The van der Waals surface area contributed by atoms with E-state index in [4.69, 9.17) is 21.3 Å². The second-order valence-corrected chi connectivity index (χ2v) is 5.46. The molecule has 0 radical (unpaired) electrons. The van der Waals surface area contributed by atoms with E-state index in [0.29, 0.717) is 50.8 Å². The van der Waals surface area contributed by atoms with Gasteiger partial charge in [0.25, 0.3) is 0 Å². The number of carbonyl (C=O) groups excluding carboxylic acids is 1. The van der Waals surface area contributed by atoms with E-state index < -0.39 is 6.09 Å². The lowest BCUT2D eigenvalue weighted by Gasteiger charge is -2.29. The number of halogens is 2. The molecule has 6 nitrogen and oxygen atoms in total. The quantitative estimate of drug-likeness (QED) is 0.853. The van der Waals surface area contributed by atoms with Gasteiger partial charge in [0.05, 0.1) is 31.1 Å². The minimum atomic E-state index is -0.490. The number of nitrogens with zero attached hydrogens (tertiary/aromatic N) is 2. The van der Waals surface area contributed by atoms with Gasteiger partial charge in [0.2, 0.25) is 0 Å². The van der Waals surface area contributed by atoms with Crippen molar-refractivity contribution in [2.24, 2.45) is 0 Å². The van der Waals surface area contributed by atoms with E-state index >= 15 is 0 Å². The van der Waals surface area contributed by atoms with E-state index in [-0.39, 0.29) is 11.9 Å². The van der Waals surface area contributed by atoms with Crippen LogP contribution in [0.4, 0.5) is 20.6 Å². The molecule has 1 aromatic carbocycles. The number of carbonyl (C=O) groups is 1. The summed E-state index contributed by atoms with van der Waals surface area (Å²) in [7, 11) is 0. The molecule has 0 aliphatic carbocycles. The molecule has 1 atom stereocenters. The Kier molecular flexibility index (Phi) is 4.66. The number of benzene rings is 1. The fourth-order valence-corrected chi connectivity index (χ4v) is 2.82. The molecule has 22 heavy (non-hydrogen) atoms. The summed E-state index contributed by atoms with van der Waals surface area (Å²) in [6, 6.07) is 4.78. The standard InChI is InChI=1S/C14H17ClFN3O3/c15-17-8-11-9-19(14(20)22-11)10-1-2-13(12(16)7-10)18-3-5-21-6-4-18/h1-2,7,11,17H,3-6,8-9H2. The molecule has 0 aromatic heterocycles. The third-order valence-corrected chi connectivity index (χ3v) is 3.93. The summed E-state index contributed by atoms with van der Waals surface area (Å²) < 4.78 is 24.8. The van der Waals surface area contributed by atoms with Gasteiger partial charge in [0.15, 0.2) is 0 Å². The van der Waals surface area contributed by atoms with Crippen LogP contribution in [0.25, 0.3) is 0 Å². The number of nitrogens with one attached hydrogen (secondary N) is 1. The molecule has 2 heterocycles. The van der Waals surface area contributed by atoms with Crippen LogP contribution in [-0.2, 0) is 9.47 Å². The summed E-state index contributed by atoms with van der Waals surface area (Å²) in [5.74, 6) is -0.355. The van der Waals surface area contributed by atoms with Crippen LogP contribution in [0.2, 0.25) is 0 Å². The van der Waals surface area contributed by atoms with Crippen molar-refractivity contribution in [3.05, 3.63) is 24.0 Å². The number of hydrogen-bond acceptors (Lipinski definition) is 5. The molecule has 1 aromatic rings. The predicted octanol–water partition coefficient (Wildman–Crippen LogP) is 1.73. The Labute approximate surface area is 132 Å². The van der Waals surface area contributed by atoms with Gasteiger partial charge in [-0.15, -0.1) is 0 Å². The van der Waals surface area contributed by atoms with Crippen LogP contribution in [0.3, 0.4) is 0 Å². The highest BCUT2D eigenvalue weighted by molar-refractivity contribution is 6.13. The number of amides is 1. The van der Waals surface area contributed by atoms with Crippen LogP contribution >= 0.6 is 11.8 Å². The van der Waals surface area contributed by atoms with Crippen LogP contribution in [0.1, 0.15) is 0 Å². The van der Waals surface area contributed by atoms with Crippen molar-refractivity contribution in [1.82, 2.24) is 4.84 Å². The SMILES string of the molecule is O=C1OC(CNCl)CN1c1ccc(N2CCOCC2)c(F)c1. The molecule has 2 aliphatic rings. The molecular weight excluding hydrogens is 313 g/mol. The normalized spacial score (nSPS) is 22.1. The van der Waals surface area contributed by atoms with Crippen LogP contribution < -0.4 is 14.6 Å². The zero-order chi connectivity index (χ0) is 15.5. The number of cyclic esters (lactones) is 1. The average Bonchev–Trinajstić information content (AvgIpc) is 2.89. The minimum absolute atomic E-state index is 0.341. The Hall–Kier alpha value is -1.57. The first-order chi connectivity index (χ1) is 10.7. The van der Waals surface area contributed by atoms with Gasteiger partial charge in [-0.2, -0.15) is 0 Å². The van der Waals surface area contributed by atoms with E-state index in [2.05, 4.69) is 4.84 Å². The van der Waals surface area contributed by atoms with E-state index in [1.54, 1.807) is 12.1 Å². The molecule has 1 N–H and O–H groups in total. The molecule has 1 unspecified atom stereocenters. The summed E-state index contributed by atoms with van der Waals surface area (Å²) in [6.07, 6.45) is -0.831. The fraction of sp³-hybridized carbons (Fsp3) is 0.500. The third-order valence-electron chi connectivity index (χ3n) is 3.77. The second kappa shape index (κ2) is 6.68. The van der Waals surface area contributed by atoms with Crippen LogP contribution in [0.5, 0.6) is 0 Å².